The second kappa shape index (κ2) is 8.75. The van der Waals surface area contributed by atoms with Gasteiger partial charge in [-0.05, 0) is 33.2 Å². The van der Waals surface area contributed by atoms with E-state index in [-0.39, 0.29) is 5.91 Å². The van der Waals surface area contributed by atoms with Gasteiger partial charge in [0.15, 0.2) is 0 Å². The predicted octanol–water partition coefficient (Wildman–Crippen LogP) is -0.0209. The molecule has 1 aliphatic heterocycles. The fraction of sp³-hybridized carbons (Fsp3) is 0.588. The number of nitrogens with zero attached hydrogens (tertiary/aromatic N) is 3. The Morgan fingerprint density at radius 2 is 1.72 bits per heavy atom. The number of likely N-dealkylation sites (N-methyl/N-ethyl adjacent to an activating group) is 1. The van der Waals surface area contributed by atoms with Crippen LogP contribution >= 0.6 is 0 Å². The van der Waals surface area contributed by atoms with Gasteiger partial charge in [0.05, 0.1) is 11.4 Å². The highest BCUT2D eigenvalue weighted by Gasteiger charge is 2.29. The van der Waals surface area contributed by atoms with E-state index in [1.165, 1.54) is 4.31 Å². The van der Waals surface area contributed by atoms with Crippen molar-refractivity contribution in [2.45, 2.75) is 11.8 Å². The first kappa shape index (κ1) is 19.8. The summed E-state index contributed by atoms with van der Waals surface area (Å²) in [5, 5.41) is 3.12. The molecule has 1 aliphatic rings. The van der Waals surface area contributed by atoms with Crippen LogP contribution in [0.5, 0.6) is 0 Å². The van der Waals surface area contributed by atoms with Crippen molar-refractivity contribution in [1.82, 2.24) is 19.4 Å². The molecule has 0 aliphatic carbocycles. The van der Waals surface area contributed by atoms with Crippen LogP contribution < -0.4 is 5.32 Å². The van der Waals surface area contributed by atoms with Gasteiger partial charge in [0, 0.05) is 39.3 Å². The molecule has 1 aromatic carbocycles. The smallest absolute Gasteiger partial charge is 0.243 e. The lowest BCUT2D eigenvalue weighted by Gasteiger charge is -2.34. The summed E-state index contributed by atoms with van der Waals surface area (Å²) in [6.45, 7) is 5.36. The first-order chi connectivity index (χ1) is 11.8. The van der Waals surface area contributed by atoms with Crippen LogP contribution in [0.15, 0.2) is 29.2 Å². The predicted molar refractivity (Wildman–Crippen MR) is 97.9 cm³/mol. The van der Waals surface area contributed by atoms with Gasteiger partial charge in [-0.1, -0.05) is 17.7 Å². The van der Waals surface area contributed by atoms with Gasteiger partial charge in [-0.2, -0.15) is 4.31 Å². The van der Waals surface area contributed by atoms with E-state index in [0.29, 0.717) is 37.6 Å². The highest BCUT2D eigenvalue weighted by atomic mass is 32.2. The maximum absolute atomic E-state index is 12.7. The van der Waals surface area contributed by atoms with Crippen molar-refractivity contribution in [3.05, 3.63) is 29.8 Å². The fourth-order valence-electron chi connectivity index (χ4n) is 2.65. The monoisotopic (exact) mass is 368 g/mol. The average Bonchev–Trinajstić information content (AvgIpc) is 2.59. The average molecular weight is 369 g/mol. The van der Waals surface area contributed by atoms with Crippen LogP contribution in [-0.2, 0) is 14.8 Å². The lowest BCUT2D eigenvalue weighted by atomic mass is 10.2. The molecule has 0 radical (unpaired) electrons. The Morgan fingerprint density at radius 3 is 2.28 bits per heavy atom. The lowest BCUT2D eigenvalue weighted by molar-refractivity contribution is -0.131. The Balaban J connectivity index is 1.84. The van der Waals surface area contributed by atoms with Crippen molar-refractivity contribution in [3.63, 3.8) is 0 Å². The van der Waals surface area contributed by atoms with Gasteiger partial charge in [0.25, 0.3) is 0 Å². The highest BCUT2D eigenvalue weighted by molar-refractivity contribution is 7.89. The van der Waals surface area contributed by atoms with Crippen LogP contribution in [0, 0.1) is 6.92 Å². The van der Waals surface area contributed by atoms with Gasteiger partial charge < -0.3 is 15.1 Å². The van der Waals surface area contributed by atoms with Crippen LogP contribution in [0.25, 0.3) is 0 Å². The van der Waals surface area contributed by atoms with Gasteiger partial charge >= 0.3 is 0 Å². The number of piperazine rings is 1. The van der Waals surface area contributed by atoms with Crippen molar-refractivity contribution in [2.24, 2.45) is 0 Å². The standard InChI is InChI=1S/C17H28N4O3S/c1-15-4-6-16(7-5-15)25(23,24)21-12-10-20(11-13-21)17(22)14-18-8-9-19(2)3/h4-7,18H,8-14H2,1-3H3. The largest absolute Gasteiger partial charge is 0.339 e. The van der Waals surface area contributed by atoms with Gasteiger partial charge in [-0.3, -0.25) is 4.79 Å². The Kier molecular flexibility index (Phi) is 6.95. The van der Waals surface area contributed by atoms with E-state index >= 15 is 0 Å². The second-order valence-corrected chi connectivity index (χ2v) is 8.52. The second-order valence-electron chi connectivity index (χ2n) is 6.58. The minimum atomic E-state index is -3.48. The van der Waals surface area contributed by atoms with E-state index in [0.717, 1.165) is 18.7 Å². The molecule has 1 aromatic rings. The number of hydrogen-bond acceptors (Lipinski definition) is 5. The minimum absolute atomic E-state index is 0.0196. The molecule has 1 heterocycles. The van der Waals surface area contributed by atoms with E-state index in [1.807, 2.05) is 25.9 Å². The molecular weight excluding hydrogens is 340 g/mol. The molecular formula is C17H28N4O3S. The van der Waals surface area contributed by atoms with E-state index in [2.05, 4.69) is 5.32 Å². The Morgan fingerprint density at radius 1 is 1.12 bits per heavy atom. The summed E-state index contributed by atoms with van der Waals surface area (Å²) >= 11 is 0. The third-order valence-electron chi connectivity index (χ3n) is 4.26. The zero-order valence-electron chi connectivity index (χ0n) is 15.2. The molecule has 0 unspecified atom stereocenters. The summed E-state index contributed by atoms with van der Waals surface area (Å²) < 4.78 is 26.8. The quantitative estimate of drug-likeness (QED) is 0.685. The topological polar surface area (TPSA) is 73.0 Å². The molecule has 0 atom stereocenters. The normalized spacial score (nSPS) is 16.4. The number of sulfonamides is 1. The van der Waals surface area contributed by atoms with Gasteiger partial charge in [-0.25, -0.2) is 8.42 Å². The van der Waals surface area contributed by atoms with Gasteiger partial charge in [0.1, 0.15) is 0 Å². The number of carbonyl (C=O) groups excluding carboxylic acids is 1. The summed E-state index contributed by atoms with van der Waals surface area (Å²) in [6, 6.07) is 6.87. The number of nitrogens with one attached hydrogen (secondary N) is 1. The van der Waals surface area contributed by atoms with Gasteiger partial charge in [-0.15, -0.1) is 0 Å². The van der Waals surface area contributed by atoms with Crippen LogP contribution in [-0.4, -0.2) is 88.3 Å². The maximum atomic E-state index is 12.7. The van der Waals surface area contributed by atoms with E-state index in [4.69, 9.17) is 0 Å². The van der Waals surface area contributed by atoms with Crippen LogP contribution in [0.3, 0.4) is 0 Å². The molecule has 1 amide bonds. The molecule has 0 aromatic heterocycles. The lowest BCUT2D eigenvalue weighted by Crippen LogP contribution is -2.52. The van der Waals surface area contributed by atoms with Crippen molar-refractivity contribution >= 4 is 15.9 Å². The van der Waals surface area contributed by atoms with E-state index < -0.39 is 10.0 Å². The summed E-state index contributed by atoms with van der Waals surface area (Å²) in [4.78, 5) is 16.3. The van der Waals surface area contributed by atoms with Crippen molar-refractivity contribution in [2.75, 3.05) is 59.9 Å². The molecule has 1 fully saturated rings. The van der Waals surface area contributed by atoms with Crippen LogP contribution in [0.1, 0.15) is 5.56 Å². The minimum Gasteiger partial charge on any atom is -0.339 e. The number of rotatable bonds is 7. The Bertz CT molecular complexity index is 666. The van der Waals surface area contributed by atoms with Gasteiger partial charge in [0.2, 0.25) is 15.9 Å². The number of aryl methyl sites for hydroxylation is 1. The van der Waals surface area contributed by atoms with Crippen molar-refractivity contribution < 1.29 is 13.2 Å². The van der Waals surface area contributed by atoms with Crippen molar-refractivity contribution in [1.29, 1.82) is 0 Å². The number of hydrogen-bond donors (Lipinski definition) is 1. The number of benzene rings is 1. The van der Waals surface area contributed by atoms with Crippen LogP contribution in [0.4, 0.5) is 0 Å². The molecule has 2 rings (SSSR count). The maximum Gasteiger partial charge on any atom is 0.243 e. The molecule has 7 nitrogen and oxygen atoms in total. The first-order valence-corrected chi connectivity index (χ1v) is 9.95. The third-order valence-corrected chi connectivity index (χ3v) is 6.17. The molecule has 0 bridgehead atoms. The molecule has 8 heteroatoms. The van der Waals surface area contributed by atoms with Crippen molar-refractivity contribution in [3.8, 4) is 0 Å². The SMILES string of the molecule is Cc1ccc(S(=O)(=O)N2CCN(C(=O)CNCCN(C)C)CC2)cc1. The summed E-state index contributed by atoms with van der Waals surface area (Å²) in [5.41, 5.74) is 1.02. The Hall–Kier alpha value is -1.48. The fourth-order valence-corrected chi connectivity index (χ4v) is 4.07. The molecule has 1 saturated heterocycles. The number of carbonyl (C=O) groups is 1. The summed E-state index contributed by atoms with van der Waals surface area (Å²) in [7, 11) is 0.483. The molecule has 25 heavy (non-hydrogen) atoms. The molecule has 0 spiro atoms. The summed E-state index contributed by atoms with van der Waals surface area (Å²) in [5.74, 6) is 0.0196. The number of amides is 1. The molecule has 1 N–H and O–H groups in total. The Labute approximate surface area is 150 Å². The first-order valence-electron chi connectivity index (χ1n) is 8.51. The third kappa shape index (κ3) is 5.50. The summed E-state index contributed by atoms with van der Waals surface area (Å²) in [6.07, 6.45) is 0. The zero-order valence-corrected chi connectivity index (χ0v) is 16.1. The molecule has 140 valence electrons. The molecule has 0 saturated carbocycles. The highest BCUT2D eigenvalue weighted by Crippen LogP contribution is 2.18. The van der Waals surface area contributed by atoms with Crippen LogP contribution in [0.2, 0.25) is 0 Å². The van der Waals surface area contributed by atoms with E-state index in [9.17, 15) is 13.2 Å². The zero-order chi connectivity index (χ0) is 18.4. The van der Waals surface area contributed by atoms with E-state index in [1.54, 1.807) is 29.2 Å².